The average Bonchev–Trinajstić information content (AvgIpc) is 3.24. The van der Waals surface area contributed by atoms with Crippen LogP contribution in [0.4, 0.5) is 5.69 Å². The molecule has 0 unspecified atom stereocenters. The summed E-state index contributed by atoms with van der Waals surface area (Å²) in [5, 5.41) is 10.5. The van der Waals surface area contributed by atoms with Crippen LogP contribution in [0.2, 0.25) is 0 Å². The third-order valence-corrected chi connectivity index (χ3v) is 6.55. The summed E-state index contributed by atoms with van der Waals surface area (Å²) in [7, 11) is 0. The van der Waals surface area contributed by atoms with Gasteiger partial charge in [0, 0.05) is 23.2 Å². The van der Waals surface area contributed by atoms with E-state index in [2.05, 4.69) is 5.32 Å². The van der Waals surface area contributed by atoms with E-state index in [1.54, 1.807) is 42.5 Å². The van der Waals surface area contributed by atoms with Crippen molar-refractivity contribution in [1.82, 2.24) is 0 Å². The van der Waals surface area contributed by atoms with Crippen LogP contribution in [0.1, 0.15) is 51.3 Å². The van der Waals surface area contributed by atoms with Crippen molar-refractivity contribution in [2.45, 2.75) is 32.5 Å². The molecule has 0 spiro atoms. The first-order valence-corrected chi connectivity index (χ1v) is 12.6. The fourth-order valence-corrected chi connectivity index (χ4v) is 4.69. The molecule has 0 bridgehead atoms. The molecule has 4 aromatic rings. The van der Waals surface area contributed by atoms with Crippen LogP contribution in [0.25, 0.3) is 11.1 Å². The SMILES string of the molecule is CC1(C)Cc2cc(-c3ccccc3C(=O)Nc3ccc(C(=N)N)cc3)c(C(=O)OCc3ccccc3)cc2O1. The fraction of sp³-hybridized carbons (Fsp3) is 0.156. The van der Waals surface area contributed by atoms with E-state index in [0.29, 0.717) is 45.7 Å². The first-order chi connectivity index (χ1) is 18.7. The van der Waals surface area contributed by atoms with Gasteiger partial charge in [0.05, 0.1) is 5.56 Å². The molecular weight excluding hydrogens is 490 g/mol. The van der Waals surface area contributed by atoms with Crippen LogP contribution >= 0.6 is 0 Å². The van der Waals surface area contributed by atoms with Gasteiger partial charge >= 0.3 is 5.97 Å². The maximum atomic E-state index is 13.4. The summed E-state index contributed by atoms with van der Waals surface area (Å²) in [6.07, 6.45) is 0.672. The molecule has 0 fully saturated rings. The van der Waals surface area contributed by atoms with Gasteiger partial charge in [-0.2, -0.15) is 0 Å². The Hall–Kier alpha value is -4.91. The van der Waals surface area contributed by atoms with Gasteiger partial charge in [-0.3, -0.25) is 10.2 Å². The number of rotatable bonds is 7. The molecule has 7 heteroatoms. The highest BCUT2D eigenvalue weighted by Gasteiger charge is 2.33. The van der Waals surface area contributed by atoms with Gasteiger partial charge in [-0.05, 0) is 78.6 Å². The number of amides is 1. The summed E-state index contributed by atoms with van der Waals surface area (Å²) >= 11 is 0. The van der Waals surface area contributed by atoms with Gasteiger partial charge in [0.25, 0.3) is 5.91 Å². The monoisotopic (exact) mass is 519 g/mol. The number of hydrogen-bond donors (Lipinski definition) is 3. The van der Waals surface area contributed by atoms with E-state index in [4.69, 9.17) is 20.6 Å². The lowest BCUT2D eigenvalue weighted by molar-refractivity contribution is 0.0472. The van der Waals surface area contributed by atoms with Crippen LogP contribution in [-0.2, 0) is 17.8 Å². The normalized spacial score (nSPS) is 13.2. The number of hydrogen-bond acceptors (Lipinski definition) is 5. The number of nitrogens with two attached hydrogens (primary N) is 1. The van der Waals surface area contributed by atoms with Gasteiger partial charge in [-0.1, -0.05) is 48.5 Å². The second-order valence-corrected chi connectivity index (χ2v) is 10.1. The third-order valence-electron chi connectivity index (χ3n) is 6.55. The number of ether oxygens (including phenoxy) is 2. The molecule has 4 aromatic carbocycles. The molecule has 1 aliphatic heterocycles. The lowest BCUT2D eigenvalue weighted by Gasteiger charge is -2.17. The number of carbonyl (C=O) groups excluding carboxylic acids is 2. The first kappa shape index (κ1) is 25.7. The lowest BCUT2D eigenvalue weighted by Crippen LogP contribution is -2.24. The molecule has 0 saturated carbocycles. The summed E-state index contributed by atoms with van der Waals surface area (Å²) in [5.74, 6) is -0.238. The molecule has 7 nitrogen and oxygen atoms in total. The summed E-state index contributed by atoms with van der Waals surface area (Å²) in [4.78, 5) is 26.9. The number of carbonyl (C=O) groups is 2. The molecule has 5 rings (SSSR count). The van der Waals surface area contributed by atoms with Crippen molar-refractivity contribution in [3.8, 4) is 16.9 Å². The minimum absolute atomic E-state index is 0.0475. The smallest absolute Gasteiger partial charge is 0.339 e. The molecule has 1 heterocycles. The molecule has 0 saturated heterocycles. The van der Waals surface area contributed by atoms with Crippen LogP contribution in [0.5, 0.6) is 5.75 Å². The first-order valence-electron chi connectivity index (χ1n) is 12.6. The van der Waals surface area contributed by atoms with Crippen molar-refractivity contribution in [1.29, 1.82) is 5.41 Å². The highest BCUT2D eigenvalue weighted by molar-refractivity contribution is 6.10. The Balaban J connectivity index is 1.51. The molecule has 39 heavy (non-hydrogen) atoms. The standard InChI is InChI=1S/C32H29N3O4/c1-32(2)18-22-16-26(27(17-28(22)39-32)31(37)38-19-20-8-4-3-5-9-20)24-10-6-7-11-25(24)30(36)35-23-14-12-21(13-15-23)29(33)34/h3-17H,18-19H2,1-2H3,(H3,33,34)(H,35,36). The van der Waals surface area contributed by atoms with Gasteiger partial charge in [0.15, 0.2) is 0 Å². The zero-order valence-corrected chi connectivity index (χ0v) is 21.8. The molecule has 0 radical (unpaired) electrons. The topological polar surface area (TPSA) is 114 Å². The Bertz CT molecular complexity index is 1560. The van der Waals surface area contributed by atoms with Crippen LogP contribution in [-0.4, -0.2) is 23.3 Å². The van der Waals surface area contributed by atoms with Crippen molar-refractivity contribution in [2.24, 2.45) is 5.73 Å². The largest absolute Gasteiger partial charge is 0.487 e. The summed E-state index contributed by atoms with van der Waals surface area (Å²) in [6, 6.07) is 27.0. The van der Waals surface area contributed by atoms with Gasteiger partial charge in [-0.25, -0.2) is 4.79 Å². The van der Waals surface area contributed by atoms with Gasteiger partial charge in [0.2, 0.25) is 0 Å². The quantitative estimate of drug-likeness (QED) is 0.158. The van der Waals surface area contributed by atoms with E-state index in [9.17, 15) is 9.59 Å². The molecule has 0 atom stereocenters. The predicted molar refractivity (Wildman–Crippen MR) is 151 cm³/mol. The zero-order valence-electron chi connectivity index (χ0n) is 21.8. The highest BCUT2D eigenvalue weighted by atomic mass is 16.5. The predicted octanol–water partition coefficient (Wildman–Crippen LogP) is 5.96. The van der Waals surface area contributed by atoms with E-state index in [1.165, 1.54) is 0 Å². The Morgan fingerprint density at radius 2 is 1.62 bits per heavy atom. The molecule has 1 amide bonds. The maximum absolute atomic E-state index is 13.4. The molecule has 4 N–H and O–H groups in total. The van der Waals surface area contributed by atoms with E-state index < -0.39 is 11.6 Å². The van der Waals surface area contributed by atoms with E-state index >= 15 is 0 Å². The number of benzene rings is 4. The van der Waals surface area contributed by atoms with Crippen molar-refractivity contribution in [3.05, 3.63) is 119 Å². The van der Waals surface area contributed by atoms with Crippen LogP contribution in [0.15, 0.2) is 91.0 Å². The minimum Gasteiger partial charge on any atom is -0.487 e. The van der Waals surface area contributed by atoms with Crippen molar-refractivity contribution >= 4 is 23.4 Å². The Morgan fingerprint density at radius 3 is 2.33 bits per heavy atom. The minimum atomic E-state index is -0.500. The summed E-state index contributed by atoms with van der Waals surface area (Å²) < 4.78 is 11.8. The van der Waals surface area contributed by atoms with Crippen LogP contribution in [0.3, 0.4) is 0 Å². The van der Waals surface area contributed by atoms with E-state index in [1.807, 2.05) is 62.4 Å². The average molecular weight is 520 g/mol. The van der Waals surface area contributed by atoms with Gasteiger partial charge < -0.3 is 20.5 Å². The molecule has 196 valence electrons. The number of anilines is 1. The Morgan fingerprint density at radius 1 is 0.923 bits per heavy atom. The number of esters is 1. The van der Waals surface area contributed by atoms with Crippen LogP contribution in [0, 0.1) is 5.41 Å². The van der Waals surface area contributed by atoms with Gasteiger partial charge in [0.1, 0.15) is 23.8 Å². The maximum Gasteiger partial charge on any atom is 0.339 e. The molecule has 0 aromatic heterocycles. The summed E-state index contributed by atoms with van der Waals surface area (Å²) in [5.41, 5.74) is 10.0. The van der Waals surface area contributed by atoms with Crippen molar-refractivity contribution in [2.75, 3.05) is 5.32 Å². The number of fused-ring (bicyclic) bond motifs is 1. The summed E-state index contributed by atoms with van der Waals surface area (Å²) in [6.45, 7) is 4.12. The van der Waals surface area contributed by atoms with Crippen molar-refractivity contribution in [3.63, 3.8) is 0 Å². The highest BCUT2D eigenvalue weighted by Crippen LogP contribution is 2.40. The number of nitrogens with one attached hydrogen (secondary N) is 2. The molecule has 0 aliphatic carbocycles. The molecular formula is C32H29N3O4. The Kier molecular flexibility index (Phi) is 6.90. The zero-order chi connectivity index (χ0) is 27.6. The van der Waals surface area contributed by atoms with Gasteiger partial charge in [-0.15, -0.1) is 0 Å². The van der Waals surface area contributed by atoms with Crippen LogP contribution < -0.4 is 15.8 Å². The molecule has 1 aliphatic rings. The third kappa shape index (κ3) is 5.67. The number of amidine groups is 1. The second kappa shape index (κ2) is 10.5. The second-order valence-electron chi connectivity index (χ2n) is 10.1. The Labute approximate surface area is 227 Å². The lowest BCUT2D eigenvalue weighted by atomic mass is 9.91. The van der Waals surface area contributed by atoms with Crippen molar-refractivity contribution < 1.29 is 19.1 Å². The van der Waals surface area contributed by atoms with E-state index in [-0.39, 0.29) is 18.3 Å². The number of nitrogen functional groups attached to an aromatic ring is 1. The van der Waals surface area contributed by atoms with E-state index in [0.717, 1.165) is 11.1 Å². The fourth-order valence-electron chi connectivity index (χ4n) is 4.69.